The topological polar surface area (TPSA) is 60.0 Å². The summed E-state index contributed by atoms with van der Waals surface area (Å²) in [4.78, 5) is 15.2. The van der Waals surface area contributed by atoms with E-state index in [1.807, 2.05) is 18.2 Å². The molecule has 2 saturated heterocycles. The van der Waals surface area contributed by atoms with Crippen LogP contribution in [0, 0.1) is 0 Å². The Morgan fingerprint density at radius 2 is 1.93 bits per heavy atom. The Bertz CT molecular complexity index is 827. The van der Waals surface area contributed by atoms with Crippen LogP contribution in [0.25, 0.3) is 0 Å². The number of ether oxygens (including phenoxy) is 3. The van der Waals surface area contributed by atoms with Crippen LogP contribution in [0.15, 0.2) is 48.5 Å². The number of methoxy groups -OCH3 is 2. The van der Waals surface area contributed by atoms with E-state index in [2.05, 4.69) is 22.3 Å². The first kappa shape index (κ1) is 18.8. The molecule has 0 bridgehead atoms. The number of nitrogens with zero attached hydrogens (tertiary/aromatic N) is 1. The van der Waals surface area contributed by atoms with Gasteiger partial charge in [0, 0.05) is 31.2 Å². The highest BCUT2D eigenvalue weighted by atomic mass is 16.5. The summed E-state index contributed by atoms with van der Waals surface area (Å²) in [7, 11) is 3.15. The molecule has 0 unspecified atom stereocenters. The van der Waals surface area contributed by atoms with Crippen molar-refractivity contribution in [2.75, 3.05) is 33.9 Å². The number of amides is 1. The van der Waals surface area contributed by atoms with Crippen LogP contribution < -0.4 is 14.8 Å². The van der Waals surface area contributed by atoms with Crippen LogP contribution in [0.2, 0.25) is 0 Å². The van der Waals surface area contributed by atoms with E-state index in [9.17, 15) is 4.79 Å². The van der Waals surface area contributed by atoms with Gasteiger partial charge in [-0.15, -0.1) is 0 Å². The van der Waals surface area contributed by atoms with Gasteiger partial charge in [0.15, 0.2) is 0 Å². The highest BCUT2D eigenvalue weighted by molar-refractivity contribution is 5.97. The standard InChI is InChI=1S/C22H26N2O4/c1-26-18-8-9-19(20(11-18)27-2)22(25)23-16-10-17-14-28-21(13-24(17)12-16)15-6-4-3-5-7-15/h3-9,11,16-17,21H,10,12-14H2,1-2H3,(H,23,25)/t16-,17+,21-/m1/s1. The summed E-state index contributed by atoms with van der Waals surface area (Å²) in [5.41, 5.74) is 1.72. The summed E-state index contributed by atoms with van der Waals surface area (Å²) in [6.45, 7) is 2.38. The molecule has 1 amide bonds. The second-order valence-electron chi connectivity index (χ2n) is 7.31. The number of fused-ring (bicyclic) bond motifs is 1. The quantitative estimate of drug-likeness (QED) is 0.862. The smallest absolute Gasteiger partial charge is 0.255 e. The Hall–Kier alpha value is -2.57. The second kappa shape index (κ2) is 8.20. The third kappa shape index (κ3) is 3.84. The minimum Gasteiger partial charge on any atom is -0.497 e. The first-order chi connectivity index (χ1) is 13.7. The monoisotopic (exact) mass is 382 g/mol. The van der Waals surface area contributed by atoms with E-state index in [1.165, 1.54) is 5.56 Å². The van der Waals surface area contributed by atoms with Crippen molar-refractivity contribution < 1.29 is 19.0 Å². The predicted octanol–water partition coefficient (Wildman–Crippen LogP) is 2.65. The summed E-state index contributed by atoms with van der Waals surface area (Å²) in [5.74, 6) is 1.06. The molecule has 1 N–H and O–H groups in total. The van der Waals surface area contributed by atoms with Gasteiger partial charge in [0.2, 0.25) is 0 Å². The molecule has 2 aliphatic heterocycles. The lowest BCUT2D eigenvalue weighted by Crippen LogP contribution is -2.43. The molecule has 28 heavy (non-hydrogen) atoms. The Balaban J connectivity index is 1.39. The van der Waals surface area contributed by atoms with Crippen LogP contribution in [-0.4, -0.2) is 56.8 Å². The molecule has 2 heterocycles. The molecule has 0 spiro atoms. The molecule has 4 rings (SSSR count). The largest absolute Gasteiger partial charge is 0.497 e. The Kier molecular flexibility index (Phi) is 5.50. The second-order valence-corrected chi connectivity index (χ2v) is 7.31. The van der Waals surface area contributed by atoms with E-state index in [1.54, 1.807) is 32.4 Å². The molecular weight excluding hydrogens is 356 g/mol. The van der Waals surface area contributed by atoms with Crippen LogP contribution in [0.5, 0.6) is 11.5 Å². The highest BCUT2D eigenvalue weighted by Crippen LogP contribution is 2.31. The average molecular weight is 382 g/mol. The molecule has 2 fully saturated rings. The summed E-state index contributed by atoms with van der Waals surface area (Å²) in [5, 5.41) is 3.16. The maximum atomic E-state index is 12.8. The van der Waals surface area contributed by atoms with Crippen LogP contribution in [0.1, 0.15) is 28.4 Å². The first-order valence-electron chi connectivity index (χ1n) is 9.61. The zero-order valence-electron chi connectivity index (χ0n) is 16.3. The number of nitrogens with one attached hydrogen (secondary N) is 1. The van der Waals surface area contributed by atoms with Crippen molar-refractivity contribution in [3.63, 3.8) is 0 Å². The SMILES string of the molecule is COc1ccc(C(=O)N[C@@H]2C[C@H]3CO[C@@H](c4ccccc4)CN3C2)c(OC)c1. The number of hydrogen-bond acceptors (Lipinski definition) is 5. The maximum Gasteiger partial charge on any atom is 0.255 e. The molecule has 148 valence electrons. The molecule has 2 aromatic carbocycles. The Morgan fingerprint density at radius 3 is 2.68 bits per heavy atom. The minimum atomic E-state index is -0.120. The van der Waals surface area contributed by atoms with Gasteiger partial charge in [0.1, 0.15) is 11.5 Å². The van der Waals surface area contributed by atoms with E-state index in [0.717, 1.165) is 19.5 Å². The summed E-state index contributed by atoms with van der Waals surface area (Å²) >= 11 is 0. The van der Waals surface area contributed by atoms with Crippen molar-refractivity contribution in [3.8, 4) is 11.5 Å². The lowest BCUT2D eigenvalue weighted by atomic mass is 10.1. The zero-order valence-corrected chi connectivity index (χ0v) is 16.3. The molecular formula is C22H26N2O4. The molecule has 2 aromatic rings. The van der Waals surface area contributed by atoms with E-state index in [-0.39, 0.29) is 18.1 Å². The van der Waals surface area contributed by atoms with Crippen LogP contribution in [0.4, 0.5) is 0 Å². The normalized spacial score (nSPS) is 24.4. The lowest BCUT2D eigenvalue weighted by Gasteiger charge is -2.35. The van der Waals surface area contributed by atoms with Gasteiger partial charge in [-0.05, 0) is 24.1 Å². The highest BCUT2D eigenvalue weighted by Gasteiger charge is 2.38. The molecule has 2 aliphatic rings. The van der Waals surface area contributed by atoms with Crippen molar-refractivity contribution in [2.45, 2.75) is 24.6 Å². The van der Waals surface area contributed by atoms with Gasteiger partial charge in [-0.3, -0.25) is 9.69 Å². The Morgan fingerprint density at radius 1 is 1.11 bits per heavy atom. The number of carbonyl (C=O) groups is 1. The number of benzene rings is 2. The molecule has 0 aromatic heterocycles. The molecule has 0 aliphatic carbocycles. The van der Waals surface area contributed by atoms with Gasteiger partial charge in [0.25, 0.3) is 5.91 Å². The van der Waals surface area contributed by atoms with Crippen molar-refractivity contribution in [2.24, 2.45) is 0 Å². The predicted molar refractivity (Wildman–Crippen MR) is 106 cm³/mol. The first-order valence-corrected chi connectivity index (χ1v) is 9.61. The molecule has 0 radical (unpaired) electrons. The fraction of sp³-hybridized carbons (Fsp3) is 0.409. The van der Waals surface area contributed by atoms with Gasteiger partial charge in [0.05, 0.1) is 32.5 Å². The van der Waals surface area contributed by atoms with E-state index >= 15 is 0 Å². The van der Waals surface area contributed by atoms with Crippen LogP contribution >= 0.6 is 0 Å². The summed E-state index contributed by atoms with van der Waals surface area (Å²) < 4.78 is 16.7. The molecule has 6 nitrogen and oxygen atoms in total. The molecule has 6 heteroatoms. The fourth-order valence-electron chi connectivity index (χ4n) is 4.10. The molecule has 0 saturated carbocycles. The van der Waals surface area contributed by atoms with Gasteiger partial charge in [-0.25, -0.2) is 0 Å². The summed E-state index contributed by atoms with van der Waals surface area (Å²) in [6, 6.07) is 16.0. The van der Waals surface area contributed by atoms with Crippen molar-refractivity contribution >= 4 is 5.91 Å². The number of hydrogen-bond donors (Lipinski definition) is 1. The number of carbonyl (C=O) groups excluding carboxylic acids is 1. The van der Waals surface area contributed by atoms with Gasteiger partial charge >= 0.3 is 0 Å². The third-order valence-corrected chi connectivity index (χ3v) is 5.58. The van der Waals surface area contributed by atoms with Crippen LogP contribution in [-0.2, 0) is 4.74 Å². The Labute approximate surface area is 165 Å². The van der Waals surface area contributed by atoms with E-state index in [0.29, 0.717) is 29.7 Å². The minimum absolute atomic E-state index is 0.0913. The van der Waals surface area contributed by atoms with Crippen LogP contribution in [0.3, 0.4) is 0 Å². The molecule has 3 atom stereocenters. The average Bonchev–Trinajstić information content (AvgIpc) is 3.15. The van der Waals surface area contributed by atoms with E-state index < -0.39 is 0 Å². The van der Waals surface area contributed by atoms with Gasteiger partial charge in [-0.1, -0.05) is 30.3 Å². The third-order valence-electron chi connectivity index (χ3n) is 5.58. The fourth-order valence-corrected chi connectivity index (χ4v) is 4.10. The van der Waals surface area contributed by atoms with E-state index in [4.69, 9.17) is 14.2 Å². The van der Waals surface area contributed by atoms with Gasteiger partial charge in [-0.2, -0.15) is 0 Å². The van der Waals surface area contributed by atoms with Crippen molar-refractivity contribution in [1.29, 1.82) is 0 Å². The van der Waals surface area contributed by atoms with Gasteiger partial charge < -0.3 is 19.5 Å². The lowest BCUT2D eigenvalue weighted by molar-refractivity contribution is -0.0502. The van der Waals surface area contributed by atoms with Crippen molar-refractivity contribution in [1.82, 2.24) is 10.2 Å². The zero-order chi connectivity index (χ0) is 19.5. The summed E-state index contributed by atoms with van der Waals surface area (Å²) in [6.07, 6.45) is 0.986. The number of morpholine rings is 1. The number of rotatable bonds is 5. The maximum absolute atomic E-state index is 12.8. The van der Waals surface area contributed by atoms with Crippen molar-refractivity contribution in [3.05, 3.63) is 59.7 Å².